The topological polar surface area (TPSA) is 190 Å². The molecule has 0 radical (unpaired) electrons. The Morgan fingerprint density at radius 3 is 2.60 bits per heavy atom. The van der Waals surface area contributed by atoms with E-state index in [-0.39, 0.29) is 36.3 Å². The Bertz CT molecular complexity index is 2050. The predicted molar refractivity (Wildman–Crippen MR) is 188 cm³/mol. The Labute approximate surface area is 306 Å². The Morgan fingerprint density at radius 2 is 1.87 bits per heavy atom. The molecule has 14 nitrogen and oxygen atoms in total. The molecule has 5 N–H and O–H groups in total. The number of benzene rings is 3. The van der Waals surface area contributed by atoms with Crippen LogP contribution >= 0.6 is 15.9 Å². The van der Waals surface area contributed by atoms with Gasteiger partial charge in [0.1, 0.15) is 29.9 Å². The van der Waals surface area contributed by atoms with Crippen molar-refractivity contribution in [3.63, 3.8) is 0 Å². The number of esters is 1. The first-order valence-electron chi connectivity index (χ1n) is 16.7. The van der Waals surface area contributed by atoms with Gasteiger partial charge < -0.3 is 45.0 Å². The molecule has 3 aliphatic heterocycles. The van der Waals surface area contributed by atoms with Gasteiger partial charge in [-0.1, -0.05) is 68.4 Å². The number of aromatic nitrogens is 1. The van der Waals surface area contributed by atoms with Gasteiger partial charge in [-0.05, 0) is 45.1 Å². The highest BCUT2D eigenvalue weighted by atomic mass is 79.9. The van der Waals surface area contributed by atoms with Gasteiger partial charge in [0, 0.05) is 22.0 Å². The molecule has 3 aliphatic rings. The number of para-hydroxylation sites is 1. The van der Waals surface area contributed by atoms with E-state index in [1.165, 1.54) is 0 Å². The van der Waals surface area contributed by atoms with Crippen molar-refractivity contribution < 1.29 is 42.9 Å². The van der Waals surface area contributed by atoms with Crippen LogP contribution in [0.1, 0.15) is 64.3 Å². The quantitative estimate of drug-likeness (QED) is 0.164. The van der Waals surface area contributed by atoms with Gasteiger partial charge in [0.15, 0.2) is 23.7 Å². The van der Waals surface area contributed by atoms with Crippen LogP contribution in [0.3, 0.4) is 0 Å². The fourth-order valence-electron chi connectivity index (χ4n) is 6.95. The summed E-state index contributed by atoms with van der Waals surface area (Å²) < 4.78 is 24.2. The molecule has 0 aliphatic carbocycles. The minimum absolute atomic E-state index is 0.00858. The Balaban J connectivity index is 1.38. The highest BCUT2D eigenvalue weighted by Gasteiger charge is 2.61. The third-order valence-electron chi connectivity index (χ3n) is 9.50. The molecule has 52 heavy (non-hydrogen) atoms. The number of halogens is 1. The first-order valence-corrected chi connectivity index (χ1v) is 17.5. The first kappa shape index (κ1) is 35.0. The van der Waals surface area contributed by atoms with Crippen LogP contribution in [0.15, 0.2) is 75.6 Å². The molecular formula is C37H36BrN5O9. The van der Waals surface area contributed by atoms with E-state index < -0.39 is 60.3 Å². The van der Waals surface area contributed by atoms with Crippen LogP contribution in [-0.4, -0.2) is 66.0 Å². The fourth-order valence-corrected chi connectivity index (χ4v) is 7.43. The van der Waals surface area contributed by atoms with Crippen molar-refractivity contribution in [2.75, 3.05) is 19.0 Å². The zero-order valence-electron chi connectivity index (χ0n) is 28.4. The van der Waals surface area contributed by atoms with E-state index in [0.29, 0.717) is 28.1 Å². The average Bonchev–Trinajstić information content (AvgIpc) is 3.81. The number of methoxy groups -OCH3 is 1. The summed E-state index contributed by atoms with van der Waals surface area (Å²) in [7, 11) is 1.15. The average molecular weight is 775 g/mol. The molecule has 7 rings (SSSR count). The number of carbonyl (C=O) groups excluding carboxylic acids is 4. The fraction of sp³-hybridized carbons (Fsp3) is 0.324. The Kier molecular flexibility index (Phi) is 9.40. The number of anilines is 1. The highest BCUT2D eigenvalue weighted by molar-refractivity contribution is 9.10. The molecule has 0 saturated heterocycles. The molecule has 1 spiro atoms. The number of fused-ring (bicyclic) bond motifs is 4. The largest absolute Gasteiger partial charge is 0.469 e. The van der Waals surface area contributed by atoms with Gasteiger partial charge >= 0.3 is 12.1 Å². The normalized spacial score (nSPS) is 21.6. The molecule has 1 unspecified atom stereocenters. The maximum atomic E-state index is 14.2. The second-order valence-electron chi connectivity index (χ2n) is 13.1. The minimum Gasteiger partial charge on any atom is -0.469 e. The second-order valence-corrected chi connectivity index (χ2v) is 14.0. The molecule has 3 aromatic carbocycles. The zero-order chi connectivity index (χ0) is 36.7. The summed E-state index contributed by atoms with van der Waals surface area (Å²) in [6.45, 7) is 2.97. The molecular weight excluding hydrogens is 738 g/mol. The molecule has 1 aromatic heterocycles. The smallest absolute Gasteiger partial charge is 0.408 e. The zero-order valence-corrected chi connectivity index (χ0v) is 30.0. The van der Waals surface area contributed by atoms with Gasteiger partial charge in [0.05, 0.1) is 19.4 Å². The number of rotatable bonds is 8. The number of alkyl carbamates (subject to hydrolysis) is 1. The van der Waals surface area contributed by atoms with Crippen LogP contribution in [0.2, 0.25) is 0 Å². The van der Waals surface area contributed by atoms with Gasteiger partial charge in [0.25, 0.3) is 5.91 Å². The highest BCUT2D eigenvalue weighted by Crippen LogP contribution is 2.59. The maximum Gasteiger partial charge on any atom is 0.408 e. The summed E-state index contributed by atoms with van der Waals surface area (Å²) in [5.41, 5.74) is 2.02. The monoisotopic (exact) mass is 773 g/mol. The van der Waals surface area contributed by atoms with E-state index >= 15 is 0 Å². The van der Waals surface area contributed by atoms with Crippen LogP contribution in [0.4, 0.5) is 10.5 Å². The van der Waals surface area contributed by atoms with Gasteiger partial charge in [-0.25, -0.2) is 14.6 Å². The number of hydrogen-bond donors (Lipinski definition) is 5. The van der Waals surface area contributed by atoms with E-state index in [1.54, 1.807) is 12.1 Å². The van der Waals surface area contributed by atoms with E-state index in [4.69, 9.17) is 23.6 Å². The van der Waals surface area contributed by atoms with E-state index in [9.17, 15) is 24.3 Å². The van der Waals surface area contributed by atoms with Crippen LogP contribution in [-0.2, 0) is 37.5 Å². The summed E-state index contributed by atoms with van der Waals surface area (Å²) in [4.78, 5) is 58.4. The summed E-state index contributed by atoms with van der Waals surface area (Å²) in [6.07, 6.45) is -1.51. The van der Waals surface area contributed by atoms with E-state index in [1.807, 2.05) is 68.4 Å². The minimum atomic E-state index is -1.39. The number of ether oxygens (including phenoxy) is 3. The van der Waals surface area contributed by atoms with Crippen molar-refractivity contribution in [2.45, 2.75) is 56.6 Å². The third kappa shape index (κ3) is 6.02. The molecule has 4 heterocycles. The molecule has 5 atom stereocenters. The molecule has 15 heteroatoms. The third-order valence-corrected chi connectivity index (χ3v) is 10.2. The number of oxazole rings is 1. The number of amides is 3. The standard InChI is InChI=1S/C37H36BrN5O9/c1-18(2)27-33-42-29(32(46)39-25(16-44)34(47)49-3)30(52-33)37-21-10-7-11-23(38)28(21)43-35(37)51-26-13-12-20(14-22(26)37)15-24(31(45)41-27)40-36(48)50-17-19-8-5-4-6-9-19/h4-14,18,24-25,27,35,43-44H,15-17H2,1-3H3,(H,39,46)(H,40,48)(H,41,45)/t24-,25-,27-,35?,37-/m0/s1. The molecule has 0 fully saturated rings. The van der Waals surface area contributed by atoms with Crippen molar-refractivity contribution in [1.29, 1.82) is 0 Å². The SMILES string of the molecule is COC(=O)[C@H](CO)NC(=O)c1nc2oc1[C@]13c4cc(ccc4OC1Nc1c(Br)cccc13)C[C@H](NC(=O)OCc1ccccc1)C(=O)N[C@H]2C(C)C. The number of aliphatic hydroxyl groups is 1. The summed E-state index contributed by atoms with van der Waals surface area (Å²) in [5.74, 6) is -1.92. The maximum absolute atomic E-state index is 14.2. The van der Waals surface area contributed by atoms with Crippen molar-refractivity contribution in [3.05, 3.63) is 111 Å². The van der Waals surface area contributed by atoms with Gasteiger partial charge in [0.2, 0.25) is 11.8 Å². The van der Waals surface area contributed by atoms with Gasteiger partial charge in [-0.15, -0.1) is 0 Å². The number of aliphatic hydroxyl groups excluding tert-OH is 1. The van der Waals surface area contributed by atoms with Crippen LogP contribution in [0.25, 0.3) is 0 Å². The van der Waals surface area contributed by atoms with E-state index in [0.717, 1.165) is 17.1 Å². The summed E-state index contributed by atoms with van der Waals surface area (Å²) >= 11 is 3.64. The number of hydrogen-bond acceptors (Lipinski definition) is 11. The molecule has 4 bridgehead atoms. The van der Waals surface area contributed by atoms with Gasteiger partial charge in [-0.2, -0.15) is 0 Å². The summed E-state index contributed by atoms with van der Waals surface area (Å²) in [6, 6.07) is 16.9. The van der Waals surface area contributed by atoms with E-state index in [2.05, 4.69) is 37.2 Å². The number of carbonyl (C=O) groups is 4. The van der Waals surface area contributed by atoms with Crippen LogP contribution in [0.5, 0.6) is 5.75 Å². The predicted octanol–water partition coefficient (Wildman–Crippen LogP) is 3.84. The van der Waals surface area contributed by atoms with Crippen LogP contribution in [0, 0.1) is 5.92 Å². The molecule has 3 amide bonds. The lowest BCUT2D eigenvalue weighted by Gasteiger charge is -2.29. The lowest BCUT2D eigenvalue weighted by Crippen LogP contribution is -2.49. The Morgan fingerprint density at radius 1 is 1.08 bits per heavy atom. The molecule has 4 aromatic rings. The lowest BCUT2D eigenvalue weighted by molar-refractivity contribution is -0.143. The second kappa shape index (κ2) is 14.0. The van der Waals surface area contributed by atoms with Crippen LogP contribution < -0.4 is 26.0 Å². The van der Waals surface area contributed by atoms with Crippen molar-refractivity contribution in [2.24, 2.45) is 5.92 Å². The molecule has 0 saturated carbocycles. The van der Waals surface area contributed by atoms with Crippen molar-refractivity contribution in [3.8, 4) is 5.75 Å². The number of nitrogens with one attached hydrogen (secondary N) is 4. The lowest BCUT2D eigenvalue weighted by atomic mass is 9.72. The first-order chi connectivity index (χ1) is 25.0. The molecule has 270 valence electrons. The Hall–Kier alpha value is -5.41. The summed E-state index contributed by atoms with van der Waals surface area (Å²) in [5, 5.41) is 21.6. The number of nitrogens with zero attached hydrogens (tertiary/aromatic N) is 1. The van der Waals surface area contributed by atoms with Crippen molar-refractivity contribution in [1.82, 2.24) is 20.9 Å². The van der Waals surface area contributed by atoms with Gasteiger partial charge in [-0.3, -0.25) is 9.59 Å². The van der Waals surface area contributed by atoms with Crippen molar-refractivity contribution >= 4 is 45.5 Å².